The molecular formula is C16H20O5. The third kappa shape index (κ3) is 0.785. The summed E-state index contributed by atoms with van der Waals surface area (Å²) >= 11 is 0. The molecule has 3 aliphatic heterocycles. The number of esters is 2. The first kappa shape index (κ1) is 12.4. The summed E-state index contributed by atoms with van der Waals surface area (Å²) in [5, 5.41) is 0. The van der Waals surface area contributed by atoms with Gasteiger partial charge < -0.3 is 14.2 Å². The van der Waals surface area contributed by atoms with Crippen molar-refractivity contribution in [3.63, 3.8) is 0 Å². The van der Waals surface area contributed by atoms with Gasteiger partial charge in [-0.2, -0.15) is 0 Å². The molecule has 5 fully saturated rings. The molecule has 5 aliphatic rings. The molecule has 5 nitrogen and oxygen atoms in total. The fourth-order valence-corrected chi connectivity index (χ4v) is 6.82. The monoisotopic (exact) mass is 292 g/mol. The molecule has 0 aromatic rings. The summed E-state index contributed by atoms with van der Waals surface area (Å²) in [6.07, 6.45) is 1.20. The molecule has 114 valence electrons. The van der Waals surface area contributed by atoms with E-state index in [1.165, 1.54) is 0 Å². The molecular weight excluding hydrogens is 272 g/mol. The van der Waals surface area contributed by atoms with Crippen LogP contribution in [0.2, 0.25) is 0 Å². The van der Waals surface area contributed by atoms with Gasteiger partial charge in [0.15, 0.2) is 0 Å². The summed E-state index contributed by atoms with van der Waals surface area (Å²) in [4.78, 5) is 24.8. The smallest absolute Gasteiger partial charge is 0.312 e. The van der Waals surface area contributed by atoms with Crippen molar-refractivity contribution in [1.82, 2.24) is 0 Å². The van der Waals surface area contributed by atoms with Crippen LogP contribution in [0.5, 0.6) is 0 Å². The number of ether oxygens (including phenoxy) is 3. The van der Waals surface area contributed by atoms with Crippen molar-refractivity contribution in [2.45, 2.75) is 57.8 Å². The van der Waals surface area contributed by atoms with Gasteiger partial charge in [0.1, 0.15) is 17.8 Å². The van der Waals surface area contributed by atoms with E-state index >= 15 is 0 Å². The lowest BCUT2D eigenvalue weighted by Crippen LogP contribution is -2.55. The van der Waals surface area contributed by atoms with Gasteiger partial charge in [0.2, 0.25) is 0 Å². The SMILES string of the molecule is C[C@@H]1[C@@]23CC(=O)O[C@@]2(C[C@@H]2O[C@@]23C)[C@]2(C)COC(=O)[C@]12C. The van der Waals surface area contributed by atoms with Crippen LogP contribution in [0.3, 0.4) is 0 Å². The third-order valence-electron chi connectivity index (χ3n) is 8.29. The highest BCUT2D eigenvalue weighted by Gasteiger charge is 2.97. The minimum atomic E-state index is -0.617. The first-order valence-electron chi connectivity index (χ1n) is 7.76. The Morgan fingerprint density at radius 2 is 1.90 bits per heavy atom. The Labute approximate surface area is 123 Å². The van der Waals surface area contributed by atoms with Crippen LogP contribution in [-0.2, 0) is 23.8 Å². The number of hydrogen-bond donors (Lipinski definition) is 0. The van der Waals surface area contributed by atoms with Gasteiger partial charge in [-0.25, -0.2) is 0 Å². The van der Waals surface area contributed by atoms with Gasteiger partial charge in [0, 0.05) is 6.42 Å². The van der Waals surface area contributed by atoms with Crippen molar-refractivity contribution in [3.05, 3.63) is 0 Å². The van der Waals surface area contributed by atoms with E-state index < -0.39 is 21.8 Å². The molecule has 0 aromatic carbocycles. The molecule has 2 saturated carbocycles. The molecule has 0 N–H and O–H groups in total. The van der Waals surface area contributed by atoms with Gasteiger partial charge in [0.25, 0.3) is 0 Å². The molecule has 5 heteroatoms. The average Bonchev–Trinajstić information content (AvgIpc) is 2.69. The molecule has 5 rings (SSSR count). The van der Waals surface area contributed by atoms with Crippen molar-refractivity contribution >= 4 is 11.9 Å². The lowest BCUT2D eigenvalue weighted by molar-refractivity contribution is -0.174. The number of cyclic esters (lactones) is 1. The minimum Gasteiger partial charge on any atom is -0.464 e. The average molecular weight is 292 g/mol. The number of rotatable bonds is 0. The Hall–Kier alpha value is -1.10. The van der Waals surface area contributed by atoms with Gasteiger partial charge in [-0.1, -0.05) is 13.8 Å². The highest BCUT2D eigenvalue weighted by Crippen LogP contribution is 2.86. The Bertz CT molecular complexity index is 630. The van der Waals surface area contributed by atoms with E-state index in [2.05, 4.69) is 20.8 Å². The third-order valence-corrected chi connectivity index (χ3v) is 8.29. The zero-order valence-electron chi connectivity index (χ0n) is 12.8. The van der Waals surface area contributed by atoms with Gasteiger partial charge >= 0.3 is 11.9 Å². The van der Waals surface area contributed by atoms with Crippen molar-refractivity contribution in [2.24, 2.45) is 22.2 Å². The summed E-state index contributed by atoms with van der Waals surface area (Å²) < 4.78 is 17.4. The summed E-state index contributed by atoms with van der Waals surface area (Å²) in [7, 11) is 0. The fraction of sp³-hybridized carbons (Fsp3) is 0.875. The van der Waals surface area contributed by atoms with Crippen LogP contribution >= 0.6 is 0 Å². The Morgan fingerprint density at radius 3 is 2.62 bits per heavy atom. The Morgan fingerprint density at radius 1 is 1.19 bits per heavy atom. The van der Waals surface area contributed by atoms with Gasteiger partial charge in [-0.15, -0.1) is 0 Å². The van der Waals surface area contributed by atoms with Crippen LogP contribution < -0.4 is 0 Å². The lowest BCUT2D eigenvalue weighted by atomic mass is 9.62. The molecule has 0 bridgehead atoms. The van der Waals surface area contributed by atoms with Gasteiger partial charge in [0.05, 0.1) is 28.8 Å². The maximum Gasteiger partial charge on any atom is 0.312 e. The molecule has 2 aliphatic carbocycles. The number of carbonyl (C=O) groups is 2. The number of hydrogen-bond acceptors (Lipinski definition) is 5. The number of fused-ring (bicyclic) bond motifs is 2. The van der Waals surface area contributed by atoms with Gasteiger partial charge in [-0.3, -0.25) is 9.59 Å². The largest absolute Gasteiger partial charge is 0.464 e. The molecule has 0 aromatic heterocycles. The van der Waals surface area contributed by atoms with Crippen LogP contribution in [-0.4, -0.2) is 35.9 Å². The molecule has 7 atom stereocenters. The van der Waals surface area contributed by atoms with E-state index in [9.17, 15) is 9.59 Å². The van der Waals surface area contributed by atoms with Crippen LogP contribution in [0.4, 0.5) is 0 Å². The summed E-state index contributed by atoms with van der Waals surface area (Å²) in [5.74, 6) is -0.307. The second kappa shape index (κ2) is 2.75. The Balaban J connectivity index is 1.85. The number of epoxide rings is 1. The molecule has 21 heavy (non-hydrogen) atoms. The van der Waals surface area contributed by atoms with E-state index in [-0.39, 0.29) is 29.6 Å². The van der Waals surface area contributed by atoms with Crippen molar-refractivity contribution in [3.8, 4) is 0 Å². The van der Waals surface area contributed by atoms with E-state index in [0.717, 1.165) is 0 Å². The summed E-state index contributed by atoms with van der Waals surface area (Å²) in [5.41, 5.74) is -2.44. The highest BCUT2D eigenvalue weighted by molar-refractivity contribution is 5.85. The summed E-state index contributed by atoms with van der Waals surface area (Å²) in [6.45, 7) is 8.59. The topological polar surface area (TPSA) is 65.1 Å². The van der Waals surface area contributed by atoms with E-state index in [1.807, 2.05) is 6.92 Å². The predicted molar refractivity (Wildman–Crippen MR) is 70.1 cm³/mol. The van der Waals surface area contributed by atoms with Crippen LogP contribution in [0, 0.1) is 22.2 Å². The van der Waals surface area contributed by atoms with E-state index in [1.54, 1.807) is 0 Å². The second-order valence-corrected chi connectivity index (χ2v) is 8.20. The van der Waals surface area contributed by atoms with Gasteiger partial charge in [-0.05, 0) is 19.8 Å². The van der Waals surface area contributed by atoms with Crippen molar-refractivity contribution < 1.29 is 23.8 Å². The molecule has 3 heterocycles. The molecule has 0 radical (unpaired) electrons. The zero-order valence-corrected chi connectivity index (χ0v) is 12.8. The first-order chi connectivity index (χ1) is 9.70. The standard InChI is InChI=1S/C16H20O5/c1-8-13(3)11(18)19-7-12(13,2)16-5-9-14(4,20-9)15(8,16)6-10(17)21-16/h8-9H,5-7H2,1-4H3/t8-,9-,12+,13-,14-,15+,16-/m0/s1. The molecule has 0 unspecified atom stereocenters. The predicted octanol–water partition coefficient (Wildman–Crippen LogP) is 1.44. The minimum absolute atomic E-state index is 0.00560. The van der Waals surface area contributed by atoms with E-state index in [0.29, 0.717) is 19.4 Å². The molecule has 0 spiro atoms. The highest BCUT2D eigenvalue weighted by atomic mass is 16.6. The quantitative estimate of drug-likeness (QED) is 0.499. The lowest BCUT2D eigenvalue weighted by Gasteiger charge is -2.45. The normalized spacial score (nSPS) is 66.3. The maximum atomic E-state index is 12.6. The van der Waals surface area contributed by atoms with Crippen LogP contribution in [0.1, 0.15) is 40.5 Å². The maximum absolute atomic E-state index is 12.6. The zero-order chi connectivity index (χ0) is 15.1. The Kier molecular flexibility index (Phi) is 1.63. The molecule has 0 amide bonds. The van der Waals surface area contributed by atoms with Crippen LogP contribution in [0.15, 0.2) is 0 Å². The molecule has 3 saturated heterocycles. The van der Waals surface area contributed by atoms with E-state index in [4.69, 9.17) is 14.2 Å². The first-order valence-corrected chi connectivity index (χ1v) is 7.76. The van der Waals surface area contributed by atoms with Crippen molar-refractivity contribution in [2.75, 3.05) is 6.61 Å². The fourth-order valence-electron chi connectivity index (χ4n) is 6.82. The second-order valence-electron chi connectivity index (χ2n) is 8.20. The number of carbonyl (C=O) groups excluding carboxylic acids is 2. The van der Waals surface area contributed by atoms with Crippen LogP contribution in [0.25, 0.3) is 0 Å². The van der Waals surface area contributed by atoms with Crippen molar-refractivity contribution in [1.29, 1.82) is 0 Å². The summed E-state index contributed by atoms with van der Waals surface area (Å²) in [6, 6.07) is 0.